The Labute approximate surface area is 127 Å². The molecule has 22 heavy (non-hydrogen) atoms. The van der Waals surface area contributed by atoms with Crippen molar-refractivity contribution < 1.29 is 13.6 Å². The summed E-state index contributed by atoms with van der Waals surface area (Å²) in [5.41, 5.74) is -0.534. The lowest BCUT2D eigenvalue weighted by Crippen LogP contribution is -2.34. The Bertz CT molecular complexity index is 558. The van der Waals surface area contributed by atoms with Gasteiger partial charge in [-0.25, -0.2) is 8.78 Å². The quantitative estimate of drug-likeness (QED) is 0.710. The standard InChI is InChI=1S/C14H17F2N5O/c1-2-3-6-14(19-20-14)7-5-12(22)17-10-11(13(15)16)21-9-4-8-18-21/h1,4,8-9,11,13H,3,5-7,10H2,(H,17,22). The fraction of sp³-hybridized carbons (Fsp3) is 0.571. The van der Waals surface area contributed by atoms with Gasteiger partial charge in [-0.15, -0.1) is 12.3 Å². The summed E-state index contributed by atoms with van der Waals surface area (Å²) in [6.45, 7) is -0.177. The number of carbonyl (C=O) groups excluding carboxylic acids is 1. The molecule has 2 rings (SSSR count). The first-order valence-electron chi connectivity index (χ1n) is 6.98. The van der Waals surface area contributed by atoms with Gasteiger partial charge < -0.3 is 5.32 Å². The maximum absolute atomic E-state index is 13.0. The average Bonchev–Trinajstić information content (AvgIpc) is 3.06. The van der Waals surface area contributed by atoms with Crippen LogP contribution in [0.4, 0.5) is 8.78 Å². The average molecular weight is 309 g/mol. The molecule has 0 saturated carbocycles. The molecule has 0 spiro atoms. The molecule has 1 aliphatic rings. The van der Waals surface area contributed by atoms with Crippen molar-refractivity contribution >= 4 is 5.91 Å². The van der Waals surface area contributed by atoms with Crippen molar-refractivity contribution in [1.29, 1.82) is 0 Å². The molecule has 1 aromatic rings. The van der Waals surface area contributed by atoms with Crippen molar-refractivity contribution in [3.63, 3.8) is 0 Å². The number of alkyl halides is 2. The monoisotopic (exact) mass is 309 g/mol. The lowest BCUT2D eigenvalue weighted by Gasteiger charge is -2.17. The minimum Gasteiger partial charge on any atom is -0.354 e. The van der Waals surface area contributed by atoms with Gasteiger partial charge >= 0.3 is 0 Å². The number of terminal acetylenes is 1. The van der Waals surface area contributed by atoms with Gasteiger partial charge in [-0.3, -0.25) is 9.48 Å². The van der Waals surface area contributed by atoms with Crippen LogP contribution in [0.1, 0.15) is 31.7 Å². The molecule has 0 saturated heterocycles. The highest BCUT2D eigenvalue weighted by Crippen LogP contribution is 2.37. The third-order valence-corrected chi connectivity index (χ3v) is 3.47. The highest BCUT2D eigenvalue weighted by atomic mass is 19.3. The first-order chi connectivity index (χ1) is 10.6. The van der Waals surface area contributed by atoms with Gasteiger partial charge in [0.05, 0.1) is 0 Å². The number of nitrogens with zero attached hydrogens (tertiary/aromatic N) is 4. The van der Waals surface area contributed by atoms with E-state index in [1.165, 1.54) is 12.4 Å². The Kier molecular flexibility index (Phi) is 5.20. The molecule has 1 N–H and O–H groups in total. The SMILES string of the molecule is C#CCCC1(CCC(=O)NCC(C(F)F)n2cccn2)N=N1. The summed E-state index contributed by atoms with van der Waals surface area (Å²) in [5, 5.41) is 14.1. The molecular formula is C14H17F2N5O. The van der Waals surface area contributed by atoms with Crippen LogP contribution in [-0.2, 0) is 4.79 Å². The van der Waals surface area contributed by atoms with Crippen LogP contribution in [0.25, 0.3) is 0 Å². The molecule has 6 nitrogen and oxygen atoms in total. The van der Waals surface area contributed by atoms with Gasteiger partial charge in [0.1, 0.15) is 6.04 Å². The van der Waals surface area contributed by atoms with Gasteiger partial charge in [0.2, 0.25) is 5.91 Å². The number of amides is 1. The molecule has 0 radical (unpaired) electrons. The topological polar surface area (TPSA) is 71.6 Å². The van der Waals surface area contributed by atoms with E-state index in [9.17, 15) is 13.6 Å². The summed E-state index contributed by atoms with van der Waals surface area (Å²) in [6, 6.07) is 0.382. The Hall–Kier alpha value is -2.30. The molecule has 1 aliphatic heterocycles. The highest BCUT2D eigenvalue weighted by molar-refractivity contribution is 5.76. The van der Waals surface area contributed by atoms with Crippen molar-refractivity contribution in [2.75, 3.05) is 6.54 Å². The largest absolute Gasteiger partial charge is 0.354 e. The second-order valence-electron chi connectivity index (χ2n) is 5.08. The molecule has 1 amide bonds. The molecule has 1 atom stereocenters. The smallest absolute Gasteiger partial charge is 0.262 e. The number of halogens is 2. The Morgan fingerprint density at radius 2 is 2.18 bits per heavy atom. The van der Waals surface area contributed by atoms with Crippen LogP contribution < -0.4 is 5.32 Å². The van der Waals surface area contributed by atoms with E-state index in [4.69, 9.17) is 6.42 Å². The number of hydrogen-bond acceptors (Lipinski definition) is 4. The molecular weight excluding hydrogens is 292 g/mol. The van der Waals surface area contributed by atoms with E-state index in [-0.39, 0.29) is 18.9 Å². The normalized spacial score (nSPS) is 16.3. The maximum atomic E-state index is 13.0. The fourth-order valence-electron chi connectivity index (χ4n) is 2.06. The number of nitrogens with one attached hydrogen (secondary N) is 1. The van der Waals surface area contributed by atoms with E-state index >= 15 is 0 Å². The summed E-state index contributed by atoms with van der Waals surface area (Å²) in [6.07, 6.45) is 7.21. The number of hydrogen-bond donors (Lipinski definition) is 1. The molecule has 0 aliphatic carbocycles. The van der Waals surface area contributed by atoms with Gasteiger partial charge in [-0.2, -0.15) is 15.3 Å². The van der Waals surface area contributed by atoms with Crippen molar-refractivity contribution in [3.8, 4) is 12.3 Å². The van der Waals surface area contributed by atoms with E-state index in [1.54, 1.807) is 6.07 Å². The van der Waals surface area contributed by atoms with Gasteiger partial charge in [0.25, 0.3) is 6.43 Å². The molecule has 2 heterocycles. The minimum absolute atomic E-state index is 0.173. The summed E-state index contributed by atoms with van der Waals surface area (Å²) in [5.74, 6) is 2.20. The van der Waals surface area contributed by atoms with E-state index in [2.05, 4.69) is 26.6 Å². The third-order valence-electron chi connectivity index (χ3n) is 3.47. The summed E-state index contributed by atoms with van der Waals surface area (Å²) in [4.78, 5) is 11.8. The third kappa shape index (κ3) is 4.35. The van der Waals surface area contributed by atoms with Crippen LogP contribution in [0.5, 0.6) is 0 Å². The van der Waals surface area contributed by atoms with Gasteiger partial charge in [0.15, 0.2) is 5.66 Å². The lowest BCUT2D eigenvalue weighted by atomic mass is 10.0. The molecule has 1 aromatic heterocycles. The van der Waals surface area contributed by atoms with Crippen molar-refractivity contribution in [2.45, 2.75) is 43.8 Å². The highest BCUT2D eigenvalue weighted by Gasteiger charge is 2.39. The van der Waals surface area contributed by atoms with E-state index in [0.717, 1.165) is 4.68 Å². The minimum atomic E-state index is -2.62. The molecule has 8 heteroatoms. The zero-order valence-electron chi connectivity index (χ0n) is 12.0. The zero-order valence-corrected chi connectivity index (χ0v) is 12.0. The molecule has 0 bridgehead atoms. The van der Waals surface area contributed by atoms with Crippen molar-refractivity contribution in [3.05, 3.63) is 18.5 Å². The van der Waals surface area contributed by atoms with Gasteiger partial charge in [-0.1, -0.05) is 0 Å². The first-order valence-corrected chi connectivity index (χ1v) is 6.98. The second kappa shape index (κ2) is 7.11. The molecule has 1 unspecified atom stereocenters. The lowest BCUT2D eigenvalue weighted by molar-refractivity contribution is -0.121. The predicted octanol–water partition coefficient (Wildman–Crippen LogP) is 2.16. The Morgan fingerprint density at radius 1 is 1.41 bits per heavy atom. The predicted molar refractivity (Wildman–Crippen MR) is 75.2 cm³/mol. The van der Waals surface area contributed by atoms with Crippen LogP contribution >= 0.6 is 0 Å². The van der Waals surface area contributed by atoms with Crippen molar-refractivity contribution in [2.24, 2.45) is 10.2 Å². The number of rotatable bonds is 9. The maximum Gasteiger partial charge on any atom is 0.262 e. The van der Waals surface area contributed by atoms with E-state index in [1.807, 2.05) is 0 Å². The first kappa shape index (κ1) is 16.1. The Balaban J connectivity index is 1.74. The second-order valence-corrected chi connectivity index (χ2v) is 5.08. The van der Waals surface area contributed by atoms with Crippen LogP contribution in [0.3, 0.4) is 0 Å². The van der Waals surface area contributed by atoms with E-state index in [0.29, 0.717) is 19.3 Å². The van der Waals surface area contributed by atoms with Crippen LogP contribution in [0.2, 0.25) is 0 Å². The van der Waals surface area contributed by atoms with Crippen LogP contribution in [0, 0.1) is 12.3 Å². The zero-order chi connectivity index (χ0) is 16.0. The van der Waals surface area contributed by atoms with Gasteiger partial charge in [0, 0.05) is 44.6 Å². The fourth-order valence-corrected chi connectivity index (χ4v) is 2.06. The Morgan fingerprint density at radius 3 is 2.73 bits per heavy atom. The van der Waals surface area contributed by atoms with E-state index < -0.39 is 18.1 Å². The summed E-state index contributed by atoms with van der Waals surface area (Å²) >= 11 is 0. The number of carbonyl (C=O) groups is 1. The van der Waals surface area contributed by atoms with Crippen molar-refractivity contribution in [1.82, 2.24) is 15.1 Å². The van der Waals surface area contributed by atoms with Crippen LogP contribution in [0.15, 0.2) is 28.7 Å². The summed E-state index contributed by atoms with van der Waals surface area (Å²) in [7, 11) is 0. The summed E-state index contributed by atoms with van der Waals surface area (Å²) < 4.78 is 27.1. The van der Waals surface area contributed by atoms with Crippen LogP contribution in [-0.4, -0.2) is 34.3 Å². The molecule has 0 aromatic carbocycles. The molecule has 0 fully saturated rings. The molecule has 118 valence electrons. The van der Waals surface area contributed by atoms with Gasteiger partial charge in [-0.05, 0) is 6.07 Å². The number of aromatic nitrogens is 2.